The lowest BCUT2D eigenvalue weighted by atomic mass is 9.96. The number of nitrogens with zero attached hydrogens (tertiary/aromatic N) is 2. The van der Waals surface area contributed by atoms with E-state index in [4.69, 9.17) is 4.42 Å². The molecule has 0 unspecified atom stereocenters. The van der Waals surface area contributed by atoms with E-state index < -0.39 is 0 Å². The minimum atomic E-state index is 0.870. The smallest absolute Gasteiger partial charge is 0.135 e. The summed E-state index contributed by atoms with van der Waals surface area (Å²) in [5, 5.41) is 7.09. The van der Waals surface area contributed by atoms with E-state index in [0.29, 0.717) is 0 Å². The van der Waals surface area contributed by atoms with Gasteiger partial charge in [0, 0.05) is 43.7 Å². The maximum absolute atomic E-state index is 6.54. The molecule has 3 nitrogen and oxygen atoms in total. The summed E-state index contributed by atoms with van der Waals surface area (Å²) < 4.78 is 11.3. The monoisotopic (exact) mass is 802 g/mol. The summed E-state index contributed by atoms with van der Waals surface area (Å²) in [5.74, 6) is 0. The fraction of sp³-hybridized carbons (Fsp3) is 0. The molecule has 10 aromatic carbocycles. The zero-order valence-corrected chi connectivity index (χ0v) is 34.2. The third-order valence-corrected chi connectivity index (χ3v) is 12.9. The summed E-state index contributed by atoms with van der Waals surface area (Å²) in [6.07, 6.45) is 0. The largest absolute Gasteiger partial charge is 0.456 e. The van der Waals surface area contributed by atoms with Gasteiger partial charge in [-0.05, 0) is 129 Å². The van der Waals surface area contributed by atoms with Crippen LogP contribution in [0.15, 0.2) is 235 Å². The van der Waals surface area contributed by atoms with Crippen LogP contribution in [0.25, 0.3) is 121 Å². The van der Waals surface area contributed by atoms with Crippen LogP contribution in [-0.2, 0) is 0 Å². The topological polar surface area (TPSA) is 23.0 Å². The molecular weight excluding hydrogens is 765 g/mol. The van der Waals surface area contributed by atoms with E-state index in [2.05, 4.69) is 240 Å². The maximum atomic E-state index is 6.54. The molecule has 0 aliphatic heterocycles. The van der Waals surface area contributed by atoms with E-state index in [1.54, 1.807) is 0 Å². The van der Waals surface area contributed by atoms with Crippen LogP contribution < -0.4 is 0 Å². The number of hydrogen-bond donors (Lipinski definition) is 0. The molecule has 0 fully saturated rings. The molecule has 3 aromatic heterocycles. The summed E-state index contributed by atoms with van der Waals surface area (Å²) in [7, 11) is 0. The summed E-state index contributed by atoms with van der Waals surface area (Å²) >= 11 is 0. The number of rotatable bonds is 6. The van der Waals surface area contributed by atoms with Gasteiger partial charge in [0.05, 0.1) is 22.1 Å². The number of furan rings is 1. The van der Waals surface area contributed by atoms with Gasteiger partial charge >= 0.3 is 0 Å². The van der Waals surface area contributed by atoms with Crippen LogP contribution in [0, 0.1) is 0 Å². The van der Waals surface area contributed by atoms with Crippen molar-refractivity contribution in [3.63, 3.8) is 0 Å². The second-order valence-corrected chi connectivity index (χ2v) is 16.5. The highest BCUT2D eigenvalue weighted by Crippen LogP contribution is 2.41. The van der Waals surface area contributed by atoms with Gasteiger partial charge in [0.2, 0.25) is 0 Å². The first kappa shape index (κ1) is 35.4. The fourth-order valence-electron chi connectivity index (χ4n) is 9.91. The van der Waals surface area contributed by atoms with Crippen LogP contribution in [0.3, 0.4) is 0 Å². The number of para-hydroxylation sites is 2. The standard InChI is InChI=1S/C60H38N2O/c1-3-13-39(14-4-1)41-17-11-19-43(33-41)45-25-29-57-51(35-45)52-36-46(44-20-12-18-42(34-44)40-15-5-2-6-16-40)26-30-58(52)62(57)48-28-32-60-54(38-48)53-37-47(27-31-59(53)63-60)61-55-23-9-7-21-49(55)50-22-8-10-24-56(50)61/h1-38H. The first-order valence-corrected chi connectivity index (χ1v) is 21.6. The minimum Gasteiger partial charge on any atom is -0.456 e. The molecule has 294 valence electrons. The molecule has 0 spiro atoms. The van der Waals surface area contributed by atoms with Crippen molar-refractivity contribution in [2.75, 3.05) is 0 Å². The van der Waals surface area contributed by atoms with Crippen LogP contribution in [0.2, 0.25) is 0 Å². The van der Waals surface area contributed by atoms with Crippen LogP contribution in [0.4, 0.5) is 0 Å². The Balaban J connectivity index is 1.00. The second kappa shape index (κ2) is 14.1. The predicted octanol–water partition coefficient (Wildman–Crippen LogP) is 16.4. The maximum Gasteiger partial charge on any atom is 0.135 e. The predicted molar refractivity (Wildman–Crippen MR) is 264 cm³/mol. The van der Waals surface area contributed by atoms with E-state index in [0.717, 1.165) is 44.3 Å². The lowest BCUT2D eigenvalue weighted by Crippen LogP contribution is -1.94. The quantitative estimate of drug-likeness (QED) is 0.164. The van der Waals surface area contributed by atoms with Crippen LogP contribution in [0.1, 0.15) is 0 Å². The van der Waals surface area contributed by atoms with Gasteiger partial charge in [-0.15, -0.1) is 0 Å². The lowest BCUT2D eigenvalue weighted by molar-refractivity contribution is 0.669. The van der Waals surface area contributed by atoms with Gasteiger partial charge in [0.25, 0.3) is 0 Å². The Morgan fingerprint density at radius 2 is 0.587 bits per heavy atom. The number of benzene rings is 10. The second-order valence-electron chi connectivity index (χ2n) is 16.5. The Hall–Kier alpha value is -8.40. The van der Waals surface area contributed by atoms with Gasteiger partial charge in [-0.3, -0.25) is 0 Å². The van der Waals surface area contributed by atoms with Gasteiger partial charge in [0.15, 0.2) is 0 Å². The average Bonchev–Trinajstić information content (AvgIpc) is 4.01. The van der Waals surface area contributed by atoms with Crippen molar-refractivity contribution in [2.24, 2.45) is 0 Å². The molecule has 3 heteroatoms. The molecule has 0 aliphatic rings. The van der Waals surface area contributed by atoms with Crippen molar-refractivity contribution in [3.8, 4) is 55.9 Å². The highest BCUT2D eigenvalue weighted by atomic mass is 16.3. The Kier molecular flexibility index (Phi) is 7.91. The van der Waals surface area contributed by atoms with Gasteiger partial charge in [-0.25, -0.2) is 0 Å². The molecule has 3 heterocycles. The molecule has 0 radical (unpaired) electrons. The van der Waals surface area contributed by atoms with Crippen LogP contribution in [-0.4, -0.2) is 9.13 Å². The number of fused-ring (bicyclic) bond motifs is 9. The summed E-state index contributed by atoms with van der Waals surface area (Å²) in [5.41, 5.74) is 18.2. The van der Waals surface area contributed by atoms with Crippen molar-refractivity contribution >= 4 is 65.6 Å². The van der Waals surface area contributed by atoms with E-state index >= 15 is 0 Å². The van der Waals surface area contributed by atoms with Crippen molar-refractivity contribution in [3.05, 3.63) is 231 Å². The van der Waals surface area contributed by atoms with Crippen molar-refractivity contribution in [1.29, 1.82) is 0 Å². The molecular formula is C60H38N2O. The molecule has 0 saturated carbocycles. The highest BCUT2D eigenvalue weighted by molar-refractivity contribution is 6.13. The summed E-state index contributed by atoms with van der Waals surface area (Å²) in [6, 6.07) is 83.5. The zero-order valence-electron chi connectivity index (χ0n) is 34.2. The molecule has 63 heavy (non-hydrogen) atoms. The first-order valence-electron chi connectivity index (χ1n) is 21.6. The molecule has 0 amide bonds. The first-order chi connectivity index (χ1) is 31.2. The molecule has 0 aliphatic carbocycles. The van der Waals surface area contributed by atoms with E-state index in [9.17, 15) is 0 Å². The number of hydrogen-bond acceptors (Lipinski definition) is 1. The molecule has 0 saturated heterocycles. The van der Waals surface area contributed by atoms with Crippen LogP contribution >= 0.6 is 0 Å². The van der Waals surface area contributed by atoms with Gasteiger partial charge < -0.3 is 13.6 Å². The summed E-state index contributed by atoms with van der Waals surface area (Å²) in [4.78, 5) is 0. The Bertz CT molecular complexity index is 3710. The van der Waals surface area contributed by atoms with Crippen molar-refractivity contribution in [1.82, 2.24) is 9.13 Å². The molecule has 13 rings (SSSR count). The number of aromatic nitrogens is 2. The Labute approximate surface area is 363 Å². The Morgan fingerprint density at radius 3 is 1.05 bits per heavy atom. The molecule has 0 bridgehead atoms. The zero-order chi connectivity index (χ0) is 41.4. The molecule has 0 N–H and O–H groups in total. The average molecular weight is 803 g/mol. The molecule has 0 atom stereocenters. The van der Waals surface area contributed by atoms with E-state index in [1.807, 2.05) is 0 Å². The Morgan fingerprint density at radius 1 is 0.222 bits per heavy atom. The van der Waals surface area contributed by atoms with Crippen molar-refractivity contribution < 1.29 is 4.42 Å². The minimum absolute atomic E-state index is 0.870. The normalized spacial score (nSPS) is 11.8. The SMILES string of the molecule is c1ccc(-c2cccc(-c3ccc4c(c3)c3cc(-c5cccc(-c6ccccc6)c5)ccc3n4-c3ccc4oc5ccc(-n6c7ccccc7c7ccccc76)cc5c4c3)c2)cc1. The third kappa shape index (κ3) is 5.75. The van der Waals surface area contributed by atoms with Gasteiger partial charge in [-0.1, -0.05) is 146 Å². The lowest BCUT2D eigenvalue weighted by Gasteiger charge is -2.10. The van der Waals surface area contributed by atoms with E-state index in [-0.39, 0.29) is 0 Å². The van der Waals surface area contributed by atoms with Gasteiger partial charge in [-0.2, -0.15) is 0 Å². The van der Waals surface area contributed by atoms with Crippen LogP contribution in [0.5, 0.6) is 0 Å². The molecule has 13 aromatic rings. The fourth-order valence-corrected chi connectivity index (χ4v) is 9.91. The van der Waals surface area contributed by atoms with E-state index in [1.165, 1.54) is 77.1 Å². The van der Waals surface area contributed by atoms with Crippen molar-refractivity contribution in [2.45, 2.75) is 0 Å². The summed E-state index contributed by atoms with van der Waals surface area (Å²) in [6.45, 7) is 0. The third-order valence-electron chi connectivity index (χ3n) is 12.9. The van der Waals surface area contributed by atoms with Gasteiger partial charge in [0.1, 0.15) is 11.2 Å². The highest BCUT2D eigenvalue weighted by Gasteiger charge is 2.19.